The number of sulfonamides is 1. The molecule has 192 valence electrons. The van der Waals surface area contributed by atoms with Crippen molar-refractivity contribution in [1.82, 2.24) is 0 Å². The van der Waals surface area contributed by atoms with Crippen LogP contribution in [0.25, 0.3) is 0 Å². The molecule has 1 fully saturated rings. The summed E-state index contributed by atoms with van der Waals surface area (Å²) in [6, 6.07) is 7.97. The Bertz CT molecular complexity index is 1190. The molecular weight excluding hydrogens is 496 g/mol. The van der Waals surface area contributed by atoms with Crippen molar-refractivity contribution in [3.05, 3.63) is 53.3 Å². The molecular formula is C22H24F4N2O6S. The number of hydrogen-bond acceptors (Lipinski definition) is 5. The number of halogens is 4. The number of carboxylic acids is 2. The van der Waals surface area contributed by atoms with E-state index < -0.39 is 34.0 Å². The predicted octanol–water partition coefficient (Wildman–Crippen LogP) is 4.50. The van der Waals surface area contributed by atoms with Crippen LogP contribution < -0.4 is 9.62 Å². The van der Waals surface area contributed by atoms with Crippen molar-refractivity contribution in [2.45, 2.75) is 37.8 Å². The average Bonchev–Trinajstić information content (AvgIpc) is 2.75. The van der Waals surface area contributed by atoms with E-state index in [1.807, 2.05) is 4.90 Å². The van der Waals surface area contributed by atoms with Gasteiger partial charge in [0.05, 0.1) is 16.1 Å². The summed E-state index contributed by atoms with van der Waals surface area (Å²) in [4.78, 5) is 22.5. The van der Waals surface area contributed by atoms with Gasteiger partial charge in [0.25, 0.3) is 10.0 Å². The highest BCUT2D eigenvalue weighted by Gasteiger charge is 2.38. The molecule has 0 aliphatic carbocycles. The van der Waals surface area contributed by atoms with Gasteiger partial charge in [-0.05, 0) is 61.6 Å². The van der Waals surface area contributed by atoms with E-state index in [-0.39, 0.29) is 16.1 Å². The summed E-state index contributed by atoms with van der Waals surface area (Å²) in [5, 5.41) is 16.7. The smallest absolute Gasteiger partial charge is 0.478 e. The molecule has 0 aromatic heterocycles. The number of nitrogens with one attached hydrogen (secondary N) is 1. The molecule has 0 radical (unpaired) electrons. The van der Waals surface area contributed by atoms with E-state index in [9.17, 15) is 35.9 Å². The van der Waals surface area contributed by atoms with E-state index in [0.717, 1.165) is 32.0 Å². The molecule has 1 aliphatic rings. The Labute approximate surface area is 199 Å². The van der Waals surface area contributed by atoms with E-state index in [1.54, 1.807) is 13.0 Å². The number of aliphatic carboxylic acids is 1. The summed E-state index contributed by atoms with van der Waals surface area (Å²) in [5.41, 5.74) is 1.12. The first-order valence-electron chi connectivity index (χ1n) is 10.3. The van der Waals surface area contributed by atoms with Gasteiger partial charge >= 0.3 is 18.1 Å². The first-order chi connectivity index (χ1) is 16.1. The summed E-state index contributed by atoms with van der Waals surface area (Å²) < 4.78 is 72.9. The van der Waals surface area contributed by atoms with Gasteiger partial charge in [0, 0.05) is 18.8 Å². The highest BCUT2D eigenvalue weighted by molar-refractivity contribution is 7.92. The Morgan fingerprint density at radius 1 is 1.06 bits per heavy atom. The lowest BCUT2D eigenvalue weighted by atomic mass is 9.98. The minimum Gasteiger partial charge on any atom is -0.478 e. The molecule has 35 heavy (non-hydrogen) atoms. The van der Waals surface area contributed by atoms with Gasteiger partial charge in [0.15, 0.2) is 0 Å². The van der Waals surface area contributed by atoms with Gasteiger partial charge in [-0.25, -0.2) is 22.4 Å². The van der Waals surface area contributed by atoms with Gasteiger partial charge in [-0.3, -0.25) is 4.72 Å². The Hall–Kier alpha value is -3.35. The first-order valence-corrected chi connectivity index (χ1v) is 11.8. The van der Waals surface area contributed by atoms with Crippen LogP contribution in [0.2, 0.25) is 0 Å². The second-order valence-electron chi connectivity index (χ2n) is 8.02. The molecule has 0 bridgehead atoms. The van der Waals surface area contributed by atoms with Crippen molar-refractivity contribution < 1.29 is 45.8 Å². The summed E-state index contributed by atoms with van der Waals surface area (Å²) >= 11 is 0. The average molecular weight is 521 g/mol. The molecule has 1 saturated heterocycles. The van der Waals surface area contributed by atoms with E-state index in [1.165, 1.54) is 24.3 Å². The number of aromatic carboxylic acids is 1. The van der Waals surface area contributed by atoms with Crippen LogP contribution in [0.3, 0.4) is 0 Å². The standard InChI is InChI=1S/C20H23FN2O4S.C2HF3O2/c1-13-7-9-23(10-8-13)18-6-5-16(12-17(18)20(24)25)22-28(26,27)19-11-15(21)4-3-14(19)2;3-2(4,5)1(6)7/h3-6,11-13,22H,7-10H2,1-2H3,(H,24,25);(H,6,7). The maximum absolute atomic E-state index is 13.5. The number of carbonyl (C=O) groups is 2. The van der Waals surface area contributed by atoms with Gasteiger partial charge in [0.2, 0.25) is 0 Å². The Balaban J connectivity index is 0.000000540. The number of rotatable bonds is 5. The SMILES string of the molecule is Cc1ccc(F)cc1S(=O)(=O)Nc1ccc(N2CCC(C)CC2)c(C(=O)O)c1.O=C(O)C(F)(F)F. The quantitative estimate of drug-likeness (QED) is 0.496. The van der Waals surface area contributed by atoms with E-state index >= 15 is 0 Å². The van der Waals surface area contributed by atoms with E-state index in [4.69, 9.17) is 9.90 Å². The number of hydrogen-bond donors (Lipinski definition) is 3. The molecule has 0 amide bonds. The predicted molar refractivity (Wildman–Crippen MR) is 120 cm³/mol. The Morgan fingerprint density at radius 3 is 2.14 bits per heavy atom. The van der Waals surface area contributed by atoms with Crippen molar-refractivity contribution in [1.29, 1.82) is 0 Å². The molecule has 0 saturated carbocycles. The molecule has 2 aromatic carbocycles. The van der Waals surface area contributed by atoms with Gasteiger partial charge in [-0.1, -0.05) is 13.0 Å². The maximum Gasteiger partial charge on any atom is 0.490 e. The molecule has 0 spiro atoms. The van der Waals surface area contributed by atoms with Crippen LogP contribution in [0.1, 0.15) is 35.7 Å². The maximum atomic E-state index is 13.5. The summed E-state index contributed by atoms with van der Waals surface area (Å²) in [6.45, 7) is 5.25. The third-order valence-electron chi connectivity index (χ3n) is 5.29. The Morgan fingerprint density at radius 2 is 1.63 bits per heavy atom. The number of benzene rings is 2. The molecule has 2 aromatic rings. The lowest BCUT2D eigenvalue weighted by Gasteiger charge is -2.33. The number of piperidine rings is 1. The zero-order valence-electron chi connectivity index (χ0n) is 18.8. The molecule has 0 atom stereocenters. The molecule has 1 aliphatic heterocycles. The van der Waals surface area contributed by atoms with Gasteiger partial charge in [-0.2, -0.15) is 13.2 Å². The summed E-state index contributed by atoms with van der Waals surface area (Å²) in [6.07, 6.45) is -3.13. The number of alkyl halides is 3. The Kier molecular flexibility index (Phi) is 8.71. The summed E-state index contributed by atoms with van der Waals surface area (Å²) in [7, 11) is -4.05. The number of aryl methyl sites for hydroxylation is 1. The minimum absolute atomic E-state index is 0.0331. The van der Waals surface area contributed by atoms with E-state index in [2.05, 4.69) is 11.6 Å². The van der Waals surface area contributed by atoms with Crippen molar-refractivity contribution in [2.75, 3.05) is 22.7 Å². The van der Waals surface area contributed by atoms with Gasteiger partial charge in [-0.15, -0.1) is 0 Å². The van der Waals surface area contributed by atoms with Crippen LogP contribution in [0.15, 0.2) is 41.3 Å². The fourth-order valence-corrected chi connectivity index (χ4v) is 4.68. The third-order valence-corrected chi connectivity index (χ3v) is 6.81. The zero-order chi connectivity index (χ0) is 26.6. The van der Waals surface area contributed by atoms with Crippen LogP contribution in [0.4, 0.5) is 28.9 Å². The number of nitrogens with zero attached hydrogens (tertiary/aromatic N) is 1. The van der Waals surface area contributed by atoms with Crippen molar-refractivity contribution in [3.63, 3.8) is 0 Å². The fourth-order valence-electron chi connectivity index (χ4n) is 3.37. The fraction of sp³-hybridized carbons (Fsp3) is 0.364. The van der Waals surface area contributed by atoms with Gasteiger partial charge < -0.3 is 15.1 Å². The highest BCUT2D eigenvalue weighted by atomic mass is 32.2. The summed E-state index contributed by atoms with van der Waals surface area (Å²) in [5.74, 6) is -3.94. The van der Waals surface area contributed by atoms with Crippen LogP contribution >= 0.6 is 0 Å². The van der Waals surface area contributed by atoms with Crippen LogP contribution in [-0.2, 0) is 14.8 Å². The molecule has 1 heterocycles. The van der Waals surface area contributed by atoms with Crippen LogP contribution in [0.5, 0.6) is 0 Å². The zero-order valence-corrected chi connectivity index (χ0v) is 19.6. The molecule has 0 unspecified atom stereocenters. The van der Waals surface area contributed by atoms with Crippen molar-refractivity contribution in [2.24, 2.45) is 5.92 Å². The lowest BCUT2D eigenvalue weighted by Crippen LogP contribution is -2.33. The lowest BCUT2D eigenvalue weighted by molar-refractivity contribution is -0.192. The second kappa shape index (κ2) is 10.9. The van der Waals surface area contributed by atoms with Crippen LogP contribution in [-0.4, -0.2) is 49.8 Å². The highest BCUT2D eigenvalue weighted by Crippen LogP contribution is 2.30. The topological polar surface area (TPSA) is 124 Å². The monoisotopic (exact) mass is 520 g/mol. The van der Waals surface area contributed by atoms with Crippen LogP contribution in [0, 0.1) is 18.7 Å². The largest absolute Gasteiger partial charge is 0.490 e. The number of carboxylic acid groups (broad SMARTS) is 2. The molecule has 3 N–H and O–H groups in total. The molecule has 3 rings (SSSR count). The number of anilines is 2. The van der Waals surface area contributed by atoms with Crippen molar-refractivity contribution >= 4 is 33.3 Å². The van der Waals surface area contributed by atoms with Gasteiger partial charge in [0.1, 0.15) is 5.82 Å². The second-order valence-corrected chi connectivity index (χ2v) is 9.68. The normalized spacial score (nSPS) is 14.6. The molecule has 8 nitrogen and oxygen atoms in total. The third kappa shape index (κ3) is 7.57. The van der Waals surface area contributed by atoms with Crippen molar-refractivity contribution in [3.8, 4) is 0 Å². The first kappa shape index (κ1) is 27.9. The minimum atomic E-state index is -5.08. The molecule has 13 heteroatoms. The van der Waals surface area contributed by atoms with E-state index in [0.29, 0.717) is 17.2 Å².